The van der Waals surface area contributed by atoms with E-state index in [4.69, 9.17) is 4.74 Å². The second-order valence-corrected chi connectivity index (χ2v) is 7.54. The first kappa shape index (κ1) is 20.6. The van der Waals surface area contributed by atoms with Crippen LogP contribution < -0.4 is 15.0 Å². The number of piperazine rings is 1. The molecule has 0 spiro atoms. The number of pyridine rings is 1. The monoisotopic (exact) mass is 418 g/mol. The molecule has 1 aromatic carbocycles. The van der Waals surface area contributed by atoms with Crippen molar-refractivity contribution in [2.75, 3.05) is 43.0 Å². The fraction of sp³-hybridized carbons (Fsp3) is 0.304. The Morgan fingerprint density at radius 1 is 0.935 bits per heavy atom. The van der Waals surface area contributed by atoms with Gasteiger partial charge in [-0.1, -0.05) is 23.8 Å². The molecule has 1 fully saturated rings. The first-order valence-corrected chi connectivity index (χ1v) is 10.3. The van der Waals surface area contributed by atoms with Gasteiger partial charge in [0, 0.05) is 31.9 Å². The Morgan fingerprint density at radius 2 is 1.71 bits per heavy atom. The Morgan fingerprint density at radius 3 is 2.39 bits per heavy atom. The van der Waals surface area contributed by atoms with Crippen molar-refractivity contribution < 1.29 is 9.53 Å². The average Bonchev–Trinajstić information content (AvgIpc) is 2.79. The molecule has 3 heterocycles. The number of aromatic nitrogens is 3. The highest BCUT2D eigenvalue weighted by molar-refractivity contribution is 5.78. The quantitative estimate of drug-likeness (QED) is 0.659. The summed E-state index contributed by atoms with van der Waals surface area (Å²) in [6.45, 7) is 6.68. The molecule has 31 heavy (non-hydrogen) atoms. The van der Waals surface area contributed by atoms with E-state index in [0.717, 1.165) is 22.9 Å². The number of carbonyl (C=O) groups excluding carboxylic acids is 1. The van der Waals surface area contributed by atoms with Gasteiger partial charge in [0.15, 0.2) is 18.2 Å². The second kappa shape index (κ2) is 9.42. The predicted octanol–water partition coefficient (Wildman–Crippen LogP) is 2.96. The van der Waals surface area contributed by atoms with Gasteiger partial charge in [0.2, 0.25) is 0 Å². The van der Waals surface area contributed by atoms with Crippen LogP contribution in [0.4, 0.5) is 17.5 Å². The molecule has 1 saturated heterocycles. The Labute approximate surface area is 181 Å². The molecule has 0 saturated carbocycles. The SMILES string of the molecule is Cc1ccc(OCC(=O)N2CCN(c3ccc(Nc4cccc(C)n4)nn3)CC2)cc1. The van der Waals surface area contributed by atoms with E-state index in [0.29, 0.717) is 37.7 Å². The fourth-order valence-corrected chi connectivity index (χ4v) is 3.36. The molecular weight excluding hydrogens is 392 g/mol. The highest BCUT2D eigenvalue weighted by Crippen LogP contribution is 2.17. The van der Waals surface area contributed by atoms with Crippen molar-refractivity contribution in [2.24, 2.45) is 0 Å². The lowest BCUT2D eigenvalue weighted by molar-refractivity contribution is -0.133. The van der Waals surface area contributed by atoms with Gasteiger partial charge in [0.1, 0.15) is 11.6 Å². The van der Waals surface area contributed by atoms with Gasteiger partial charge < -0.3 is 19.9 Å². The lowest BCUT2D eigenvalue weighted by Gasteiger charge is -2.35. The van der Waals surface area contributed by atoms with E-state index in [2.05, 4.69) is 25.4 Å². The maximum Gasteiger partial charge on any atom is 0.260 e. The molecule has 1 amide bonds. The number of nitrogens with one attached hydrogen (secondary N) is 1. The molecule has 0 bridgehead atoms. The molecule has 4 rings (SSSR count). The van der Waals surface area contributed by atoms with Crippen molar-refractivity contribution >= 4 is 23.4 Å². The summed E-state index contributed by atoms with van der Waals surface area (Å²) in [5.41, 5.74) is 2.10. The number of hydrogen-bond donors (Lipinski definition) is 1. The summed E-state index contributed by atoms with van der Waals surface area (Å²) in [4.78, 5) is 20.8. The number of nitrogens with zero attached hydrogens (tertiary/aromatic N) is 5. The molecule has 0 unspecified atom stereocenters. The van der Waals surface area contributed by atoms with E-state index in [1.165, 1.54) is 0 Å². The lowest BCUT2D eigenvalue weighted by Crippen LogP contribution is -2.50. The van der Waals surface area contributed by atoms with E-state index >= 15 is 0 Å². The molecule has 3 aromatic rings. The molecule has 2 aromatic heterocycles. The molecule has 8 heteroatoms. The highest BCUT2D eigenvalue weighted by atomic mass is 16.5. The topological polar surface area (TPSA) is 83.5 Å². The molecule has 160 valence electrons. The minimum atomic E-state index is -0.00323. The van der Waals surface area contributed by atoms with Crippen molar-refractivity contribution in [1.29, 1.82) is 0 Å². The van der Waals surface area contributed by atoms with E-state index < -0.39 is 0 Å². The number of anilines is 3. The van der Waals surface area contributed by atoms with Crippen LogP contribution in [0.5, 0.6) is 5.75 Å². The largest absolute Gasteiger partial charge is 0.484 e. The summed E-state index contributed by atoms with van der Waals surface area (Å²) >= 11 is 0. The van der Waals surface area contributed by atoms with Crippen LogP contribution in [-0.2, 0) is 4.79 Å². The number of benzene rings is 1. The van der Waals surface area contributed by atoms with Crippen molar-refractivity contribution in [2.45, 2.75) is 13.8 Å². The van der Waals surface area contributed by atoms with Gasteiger partial charge in [0.25, 0.3) is 5.91 Å². The lowest BCUT2D eigenvalue weighted by atomic mass is 10.2. The first-order chi connectivity index (χ1) is 15.1. The van der Waals surface area contributed by atoms with E-state index in [9.17, 15) is 4.79 Å². The first-order valence-electron chi connectivity index (χ1n) is 10.3. The van der Waals surface area contributed by atoms with Crippen molar-refractivity contribution in [3.8, 4) is 5.75 Å². The minimum absolute atomic E-state index is 0.00323. The third-order valence-corrected chi connectivity index (χ3v) is 5.13. The standard InChI is InChI=1S/C23H26N6O2/c1-17-6-8-19(9-7-17)31-16-23(30)29-14-12-28(13-15-29)22-11-10-21(26-27-22)25-20-5-3-4-18(2)24-20/h3-11H,12-16H2,1-2H3,(H,24,25,26). The summed E-state index contributed by atoms with van der Waals surface area (Å²) in [6, 6.07) is 17.3. The molecule has 0 aliphatic carbocycles. The van der Waals surface area contributed by atoms with Crippen molar-refractivity contribution in [1.82, 2.24) is 20.1 Å². The average molecular weight is 419 g/mol. The zero-order valence-electron chi connectivity index (χ0n) is 17.8. The van der Waals surface area contributed by atoms with Gasteiger partial charge in [-0.2, -0.15) is 0 Å². The number of rotatable bonds is 6. The molecular formula is C23H26N6O2. The zero-order valence-corrected chi connectivity index (χ0v) is 17.8. The van der Waals surface area contributed by atoms with E-state index in [1.807, 2.05) is 73.3 Å². The van der Waals surface area contributed by atoms with Crippen LogP contribution in [0.3, 0.4) is 0 Å². The summed E-state index contributed by atoms with van der Waals surface area (Å²) in [5, 5.41) is 11.7. The minimum Gasteiger partial charge on any atom is -0.484 e. The fourth-order valence-electron chi connectivity index (χ4n) is 3.36. The molecule has 0 radical (unpaired) electrons. The number of amides is 1. The van der Waals surface area contributed by atoms with Crippen molar-refractivity contribution in [3.05, 3.63) is 65.9 Å². The maximum absolute atomic E-state index is 12.5. The van der Waals surface area contributed by atoms with Gasteiger partial charge in [-0.25, -0.2) is 4.98 Å². The number of hydrogen-bond acceptors (Lipinski definition) is 7. The van der Waals surface area contributed by atoms with Crippen LogP contribution >= 0.6 is 0 Å². The third kappa shape index (κ3) is 5.48. The smallest absolute Gasteiger partial charge is 0.260 e. The predicted molar refractivity (Wildman–Crippen MR) is 120 cm³/mol. The summed E-state index contributed by atoms with van der Waals surface area (Å²) in [7, 11) is 0. The van der Waals surface area contributed by atoms with Crippen molar-refractivity contribution in [3.63, 3.8) is 0 Å². The second-order valence-electron chi connectivity index (χ2n) is 7.54. The van der Waals surface area contributed by atoms with Crippen LogP contribution in [0, 0.1) is 13.8 Å². The summed E-state index contributed by atoms with van der Waals surface area (Å²) in [6.07, 6.45) is 0. The van der Waals surface area contributed by atoms with E-state index in [-0.39, 0.29) is 12.5 Å². The summed E-state index contributed by atoms with van der Waals surface area (Å²) < 4.78 is 5.62. The van der Waals surface area contributed by atoms with Gasteiger partial charge in [-0.15, -0.1) is 10.2 Å². The normalized spacial score (nSPS) is 13.7. The van der Waals surface area contributed by atoms with Crippen LogP contribution in [0.1, 0.15) is 11.3 Å². The molecule has 1 aliphatic heterocycles. The Kier molecular flexibility index (Phi) is 6.26. The van der Waals surface area contributed by atoms with Gasteiger partial charge in [-0.3, -0.25) is 4.79 Å². The number of carbonyl (C=O) groups is 1. The molecule has 1 N–H and O–H groups in total. The maximum atomic E-state index is 12.5. The van der Waals surface area contributed by atoms with E-state index in [1.54, 1.807) is 0 Å². The van der Waals surface area contributed by atoms with Crippen LogP contribution in [0.15, 0.2) is 54.6 Å². The Bertz CT molecular complexity index is 1010. The molecule has 1 aliphatic rings. The van der Waals surface area contributed by atoms with Gasteiger partial charge >= 0.3 is 0 Å². The Balaban J connectivity index is 1.26. The van der Waals surface area contributed by atoms with Gasteiger partial charge in [-0.05, 0) is 50.2 Å². The van der Waals surface area contributed by atoms with Gasteiger partial charge in [0.05, 0.1) is 0 Å². The Hall–Kier alpha value is -3.68. The number of ether oxygens (including phenoxy) is 1. The van der Waals surface area contributed by atoms with Crippen LogP contribution in [0.2, 0.25) is 0 Å². The number of aryl methyl sites for hydroxylation is 2. The van der Waals surface area contributed by atoms with Crippen LogP contribution in [0.25, 0.3) is 0 Å². The zero-order chi connectivity index (χ0) is 21.6. The summed E-state index contributed by atoms with van der Waals surface area (Å²) in [5.74, 6) is 2.88. The molecule has 0 atom stereocenters. The molecule has 8 nitrogen and oxygen atoms in total. The van der Waals surface area contributed by atoms with Crippen LogP contribution in [-0.4, -0.2) is 58.8 Å². The third-order valence-electron chi connectivity index (χ3n) is 5.13. The highest BCUT2D eigenvalue weighted by Gasteiger charge is 2.22.